The van der Waals surface area contributed by atoms with E-state index < -0.39 is 23.8 Å². The molecule has 210 valence electrons. The molecular weight excluding hydrogens is 592 g/mol. The summed E-state index contributed by atoms with van der Waals surface area (Å²) in [5.41, 5.74) is 2.74. The molecule has 0 saturated heterocycles. The number of carbonyl (C=O) groups is 3. The van der Waals surface area contributed by atoms with E-state index >= 15 is 0 Å². The van der Waals surface area contributed by atoms with Gasteiger partial charge in [-0.25, -0.2) is 0 Å². The zero-order valence-corrected chi connectivity index (χ0v) is 24.4. The van der Waals surface area contributed by atoms with Crippen LogP contribution in [0.1, 0.15) is 39.4 Å². The second-order valence-corrected chi connectivity index (χ2v) is 10.9. The first-order valence-electron chi connectivity index (χ1n) is 13.7. The third-order valence-electron chi connectivity index (χ3n) is 7.13. The van der Waals surface area contributed by atoms with E-state index in [0.717, 1.165) is 26.4 Å². The van der Waals surface area contributed by atoms with Crippen LogP contribution >= 0.6 is 15.9 Å². The fraction of sp³-hybridized carbons (Fsp3) is 0.139. The van der Waals surface area contributed by atoms with Crippen LogP contribution in [0.4, 0.5) is 0 Å². The standard InChI is InChI=1S/C36H29BrO5/c37-31-19-17-28(18-20-31)33(38)22-32(30-16-15-27-13-7-8-14-29(27)21-30)34(35(39)41-23-25-9-3-1-4-10-25)36(40)42-24-26-11-5-2-6-12-26/h1-21,32,34H,22-24H2/t32-/m0/s1. The molecule has 5 rings (SSSR count). The molecule has 0 unspecified atom stereocenters. The van der Waals surface area contributed by atoms with Crippen LogP contribution in [0.15, 0.2) is 132 Å². The zero-order chi connectivity index (χ0) is 29.3. The number of hydrogen-bond donors (Lipinski definition) is 0. The molecule has 0 heterocycles. The molecule has 0 radical (unpaired) electrons. The molecule has 0 spiro atoms. The summed E-state index contributed by atoms with van der Waals surface area (Å²) < 4.78 is 12.2. The SMILES string of the molecule is O=C(C[C@@H](c1ccc2ccccc2c1)C(C(=O)OCc1ccccc1)C(=O)OCc1ccccc1)c1ccc(Br)cc1. The van der Waals surface area contributed by atoms with E-state index in [4.69, 9.17) is 9.47 Å². The number of esters is 2. The van der Waals surface area contributed by atoms with E-state index in [2.05, 4.69) is 15.9 Å². The Morgan fingerprint density at radius 1 is 0.595 bits per heavy atom. The van der Waals surface area contributed by atoms with Gasteiger partial charge in [0.15, 0.2) is 11.7 Å². The summed E-state index contributed by atoms with van der Waals surface area (Å²) in [5, 5.41) is 1.94. The molecule has 0 N–H and O–H groups in total. The molecule has 0 saturated carbocycles. The fourth-order valence-corrected chi connectivity index (χ4v) is 5.15. The summed E-state index contributed by atoms with van der Waals surface area (Å²) in [6, 6.07) is 39.1. The molecule has 5 aromatic rings. The Labute approximate surface area is 253 Å². The van der Waals surface area contributed by atoms with Crippen LogP contribution in [0.25, 0.3) is 10.8 Å². The van der Waals surface area contributed by atoms with Crippen LogP contribution in [0.2, 0.25) is 0 Å². The van der Waals surface area contributed by atoms with Crippen molar-refractivity contribution in [2.75, 3.05) is 0 Å². The molecule has 5 aromatic carbocycles. The summed E-state index contributed by atoms with van der Waals surface area (Å²) >= 11 is 3.41. The zero-order valence-electron chi connectivity index (χ0n) is 22.8. The lowest BCUT2D eigenvalue weighted by Crippen LogP contribution is -2.34. The van der Waals surface area contributed by atoms with Crippen molar-refractivity contribution >= 4 is 44.4 Å². The number of ether oxygens (including phenoxy) is 2. The van der Waals surface area contributed by atoms with Crippen molar-refractivity contribution in [1.29, 1.82) is 0 Å². The van der Waals surface area contributed by atoms with Crippen LogP contribution in [0, 0.1) is 5.92 Å². The van der Waals surface area contributed by atoms with Crippen molar-refractivity contribution in [3.05, 3.63) is 154 Å². The van der Waals surface area contributed by atoms with Gasteiger partial charge in [-0.2, -0.15) is 0 Å². The number of rotatable bonds is 11. The highest BCUT2D eigenvalue weighted by Gasteiger charge is 2.40. The van der Waals surface area contributed by atoms with E-state index in [9.17, 15) is 14.4 Å². The number of benzene rings is 5. The second-order valence-electron chi connectivity index (χ2n) is 10.0. The lowest BCUT2D eigenvalue weighted by Gasteiger charge is -2.25. The minimum atomic E-state index is -1.36. The molecule has 42 heavy (non-hydrogen) atoms. The third-order valence-corrected chi connectivity index (χ3v) is 7.66. The van der Waals surface area contributed by atoms with Gasteiger partial charge in [0, 0.05) is 22.4 Å². The maximum atomic E-state index is 13.8. The average Bonchev–Trinajstić information content (AvgIpc) is 3.03. The predicted octanol–water partition coefficient (Wildman–Crippen LogP) is 8.06. The largest absolute Gasteiger partial charge is 0.460 e. The Hall–Kier alpha value is -4.55. The van der Waals surface area contributed by atoms with Crippen molar-refractivity contribution in [2.24, 2.45) is 5.92 Å². The first-order chi connectivity index (χ1) is 20.5. The maximum Gasteiger partial charge on any atom is 0.321 e. The Morgan fingerprint density at radius 2 is 1.12 bits per heavy atom. The quantitative estimate of drug-likeness (QED) is 0.0848. The van der Waals surface area contributed by atoms with Crippen molar-refractivity contribution < 1.29 is 23.9 Å². The number of Topliss-reactive ketones (excluding diaryl/α,β-unsaturated/α-hetero) is 1. The molecular formula is C36H29BrO5. The lowest BCUT2D eigenvalue weighted by molar-refractivity contribution is -0.165. The van der Waals surface area contributed by atoms with Gasteiger partial charge in [0.1, 0.15) is 13.2 Å². The Bertz CT molecular complexity index is 1610. The molecule has 1 atom stereocenters. The van der Waals surface area contributed by atoms with Crippen molar-refractivity contribution in [1.82, 2.24) is 0 Å². The number of carbonyl (C=O) groups excluding carboxylic acids is 3. The molecule has 5 nitrogen and oxygen atoms in total. The summed E-state index contributed by atoms with van der Waals surface area (Å²) in [5.74, 6) is -3.86. The van der Waals surface area contributed by atoms with E-state index in [1.165, 1.54) is 0 Å². The molecule has 0 fully saturated rings. The van der Waals surface area contributed by atoms with Crippen LogP contribution in [0.3, 0.4) is 0 Å². The highest BCUT2D eigenvalue weighted by Crippen LogP contribution is 2.34. The van der Waals surface area contributed by atoms with E-state index in [-0.39, 0.29) is 25.4 Å². The average molecular weight is 622 g/mol. The van der Waals surface area contributed by atoms with E-state index in [1.54, 1.807) is 24.3 Å². The Kier molecular flexibility index (Phi) is 9.57. The molecule has 0 aromatic heterocycles. The van der Waals surface area contributed by atoms with Gasteiger partial charge in [-0.1, -0.05) is 131 Å². The van der Waals surface area contributed by atoms with Gasteiger partial charge in [-0.3, -0.25) is 14.4 Å². The molecule has 6 heteroatoms. The normalized spacial score (nSPS) is 11.7. The van der Waals surface area contributed by atoms with Gasteiger partial charge in [0.25, 0.3) is 0 Å². The van der Waals surface area contributed by atoms with Gasteiger partial charge in [0.05, 0.1) is 0 Å². The minimum absolute atomic E-state index is 0.00671. The van der Waals surface area contributed by atoms with E-state index in [1.807, 2.05) is 103 Å². The summed E-state index contributed by atoms with van der Waals surface area (Å²) in [6.07, 6.45) is -0.0918. The molecule has 0 aliphatic carbocycles. The molecule has 0 bridgehead atoms. The van der Waals surface area contributed by atoms with Gasteiger partial charge < -0.3 is 9.47 Å². The minimum Gasteiger partial charge on any atom is -0.460 e. The first-order valence-corrected chi connectivity index (χ1v) is 14.5. The summed E-state index contributed by atoms with van der Waals surface area (Å²) in [7, 11) is 0. The van der Waals surface area contributed by atoms with Crippen LogP contribution in [-0.4, -0.2) is 17.7 Å². The van der Waals surface area contributed by atoms with Gasteiger partial charge in [-0.05, 0) is 39.6 Å². The van der Waals surface area contributed by atoms with Crippen LogP contribution in [-0.2, 0) is 32.3 Å². The highest BCUT2D eigenvalue weighted by atomic mass is 79.9. The van der Waals surface area contributed by atoms with Gasteiger partial charge >= 0.3 is 11.9 Å². The van der Waals surface area contributed by atoms with Crippen LogP contribution < -0.4 is 0 Å². The summed E-state index contributed by atoms with van der Waals surface area (Å²) in [6.45, 7) is -0.0134. The number of hydrogen-bond acceptors (Lipinski definition) is 5. The number of ketones is 1. The number of fused-ring (bicyclic) bond motifs is 1. The lowest BCUT2D eigenvalue weighted by atomic mass is 9.80. The third kappa shape index (κ3) is 7.39. The van der Waals surface area contributed by atoms with Crippen molar-refractivity contribution in [3.63, 3.8) is 0 Å². The van der Waals surface area contributed by atoms with Crippen molar-refractivity contribution in [2.45, 2.75) is 25.6 Å². The highest BCUT2D eigenvalue weighted by molar-refractivity contribution is 9.10. The smallest absolute Gasteiger partial charge is 0.321 e. The van der Waals surface area contributed by atoms with Crippen LogP contribution in [0.5, 0.6) is 0 Å². The molecule has 0 aliphatic rings. The summed E-state index contributed by atoms with van der Waals surface area (Å²) in [4.78, 5) is 41.1. The Morgan fingerprint density at radius 3 is 1.69 bits per heavy atom. The Balaban J connectivity index is 1.51. The predicted molar refractivity (Wildman–Crippen MR) is 166 cm³/mol. The fourth-order valence-electron chi connectivity index (χ4n) is 4.88. The van der Waals surface area contributed by atoms with Gasteiger partial charge in [-0.15, -0.1) is 0 Å². The number of halogens is 1. The monoisotopic (exact) mass is 620 g/mol. The second kappa shape index (κ2) is 13.9. The molecule has 0 aliphatic heterocycles. The maximum absolute atomic E-state index is 13.8. The molecule has 0 amide bonds. The van der Waals surface area contributed by atoms with Crippen molar-refractivity contribution in [3.8, 4) is 0 Å². The van der Waals surface area contributed by atoms with Gasteiger partial charge in [0.2, 0.25) is 0 Å². The van der Waals surface area contributed by atoms with E-state index in [0.29, 0.717) is 11.1 Å². The first kappa shape index (κ1) is 29.0. The topological polar surface area (TPSA) is 69.7 Å².